The third-order valence-corrected chi connectivity index (χ3v) is 6.98. The fraction of sp³-hybridized carbons (Fsp3) is 0.0714. The largest absolute Gasteiger partial charge is 0.479 e. The number of aromatic nitrogens is 2. The number of hydrogen-bond donors (Lipinski definition) is 4. The quantitative estimate of drug-likeness (QED) is 0.233. The van der Waals surface area contributed by atoms with Gasteiger partial charge < -0.3 is 20.7 Å². The van der Waals surface area contributed by atoms with Gasteiger partial charge in [0.15, 0.2) is 6.04 Å². The van der Waals surface area contributed by atoms with Gasteiger partial charge in [-0.05, 0) is 71.6 Å². The van der Waals surface area contributed by atoms with E-state index in [2.05, 4.69) is 15.6 Å². The molecule has 4 N–H and O–H groups in total. The van der Waals surface area contributed by atoms with Crippen molar-refractivity contribution in [3.63, 3.8) is 0 Å². The predicted molar refractivity (Wildman–Crippen MR) is 146 cm³/mol. The van der Waals surface area contributed by atoms with Gasteiger partial charge in [0.1, 0.15) is 5.82 Å². The summed E-state index contributed by atoms with van der Waals surface area (Å²) in [6, 6.07) is 18.8. The van der Waals surface area contributed by atoms with Crippen molar-refractivity contribution in [2.45, 2.75) is 12.6 Å². The summed E-state index contributed by atoms with van der Waals surface area (Å²) in [5, 5.41) is 17.1. The molecule has 0 saturated heterocycles. The van der Waals surface area contributed by atoms with E-state index in [-0.39, 0.29) is 22.5 Å². The van der Waals surface area contributed by atoms with Crippen LogP contribution in [0.5, 0.6) is 0 Å². The van der Waals surface area contributed by atoms with Gasteiger partial charge in [-0.25, -0.2) is 18.5 Å². The van der Waals surface area contributed by atoms with Gasteiger partial charge in [-0.15, -0.1) is 11.3 Å². The summed E-state index contributed by atoms with van der Waals surface area (Å²) in [5.41, 5.74) is 1.08. The SMILES string of the molecule is O=C(NC(C(=O)O)c1cccs1)c1ccc(-n2c(=O)[nH]c3cc(NCc4ccc(F)cc4)ccc3c2=O)cc1. The number of carbonyl (C=O) groups excluding carboxylic acids is 1. The van der Waals surface area contributed by atoms with E-state index in [4.69, 9.17) is 0 Å². The molecule has 1 amide bonds. The van der Waals surface area contributed by atoms with E-state index < -0.39 is 29.2 Å². The fourth-order valence-electron chi connectivity index (χ4n) is 4.06. The number of nitrogens with zero attached hydrogens (tertiary/aromatic N) is 1. The number of hydrogen-bond acceptors (Lipinski definition) is 6. The first-order valence-corrected chi connectivity index (χ1v) is 12.6. The second-order valence-corrected chi connectivity index (χ2v) is 9.60. The van der Waals surface area contributed by atoms with Crippen LogP contribution in [0, 0.1) is 5.82 Å². The van der Waals surface area contributed by atoms with Crippen molar-refractivity contribution in [3.8, 4) is 5.69 Å². The molecule has 0 aliphatic heterocycles. The Kier molecular flexibility index (Phi) is 7.06. The van der Waals surface area contributed by atoms with Crippen molar-refractivity contribution in [2.24, 2.45) is 0 Å². The van der Waals surface area contributed by atoms with Crippen molar-refractivity contribution in [2.75, 3.05) is 5.32 Å². The monoisotopic (exact) mass is 544 g/mol. The Morgan fingerprint density at radius 3 is 2.41 bits per heavy atom. The van der Waals surface area contributed by atoms with E-state index in [1.807, 2.05) is 0 Å². The zero-order valence-electron chi connectivity index (χ0n) is 20.2. The average Bonchev–Trinajstić information content (AvgIpc) is 3.46. The first-order valence-electron chi connectivity index (χ1n) is 11.7. The van der Waals surface area contributed by atoms with Crippen LogP contribution in [0.3, 0.4) is 0 Å². The lowest BCUT2D eigenvalue weighted by Gasteiger charge is -2.13. The van der Waals surface area contributed by atoms with Crippen LogP contribution < -0.4 is 21.9 Å². The van der Waals surface area contributed by atoms with Gasteiger partial charge in [-0.2, -0.15) is 0 Å². The summed E-state index contributed by atoms with van der Waals surface area (Å²) >= 11 is 1.21. The van der Waals surface area contributed by atoms with Gasteiger partial charge in [-0.3, -0.25) is 9.59 Å². The summed E-state index contributed by atoms with van der Waals surface area (Å²) < 4.78 is 14.1. The topological polar surface area (TPSA) is 133 Å². The van der Waals surface area contributed by atoms with E-state index >= 15 is 0 Å². The summed E-state index contributed by atoms with van der Waals surface area (Å²) in [7, 11) is 0. The number of amides is 1. The lowest BCUT2D eigenvalue weighted by molar-refractivity contribution is -0.139. The molecule has 1 atom stereocenters. The van der Waals surface area contributed by atoms with Gasteiger partial charge in [0, 0.05) is 22.7 Å². The molecule has 196 valence electrons. The van der Waals surface area contributed by atoms with Crippen molar-refractivity contribution >= 4 is 39.8 Å². The Morgan fingerprint density at radius 2 is 1.74 bits per heavy atom. The molecular formula is C28H21FN4O5S. The molecule has 11 heteroatoms. The molecule has 0 spiro atoms. The highest BCUT2D eigenvalue weighted by atomic mass is 32.1. The number of benzene rings is 3. The van der Waals surface area contributed by atoms with Gasteiger partial charge in [0.2, 0.25) is 0 Å². The van der Waals surface area contributed by atoms with Crippen LogP contribution in [0.25, 0.3) is 16.6 Å². The number of halogens is 1. The van der Waals surface area contributed by atoms with Crippen molar-refractivity contribution < 1.29 is 19.1 Å². The zero-order valence-corrected chi connectivity index (χ0v) is 21.0. The third-order valence-electron chi connectivity index (χ3n) is 6.05. The fourth-order valence-corrected chi connectivity index (χ4v) is 4.82. The van der Waals surface area contributed by atoms with Crippen LogP contribution in [-0.4, -0.2) is 26.5 Å². The molecule has 5 aromatic rings. The lowest BCUT2D eigenvalue weighted by atomic mass is 10.1. The number of aliphatic carboxylic acids is 1. The highest BCUT2D eigenvalue weighted by Crippen LogP contribution is 2.20. The number of carboxylic acids is 1. The molecule has 0 aliphatic carbocycles. The van der Waals surface area contributed by atoms with E-state index in [1.54, 1.807) is 47.8 Å². The highest BCUT2D eigenvalue weighted by Gasteiger charge is 2.23. The zero-order chi connectivity index (χ0) is 27.5. The number of nitrogens with one attached hydrogen (secondary N) is 3. The predicted octanol–water partition coefficient (Wildman–Crippen LogP) is 4.05. The van der Waals surface area contributed by atoms with E-state index in [0.717, 1.165) is 10.1 Å². The van der Waals surface area contributed by atoms with Crippen LogP contribution in [0.4, 0.5) is 10.1 Å². The van der Waals surface area contributed by atoms with Crippen LogP contribution >= 0.6 is 11.3 Å². The number of aromatic amines is 1. The lowest BCUT2D eigenvalue weighted by Crippen LogP contribution is -2.34. The minimum absolute atomic E-state index is 0.170. The number of carboxylic acid groups (broad SMARTS) is 1. The Balaban J connectivity index is 1.36. The first kappa shape index (κ1) is 25.6. The van der Waals surface area contributed by atoms with Crippen LogP contribution in [0.1, 0.15) is 26.8 Å². The maximum atomic E-state index is 13.2. The van der Waals surface area contributed by atoms with Gasteiger partial charge in [0.05, 0.1) is 16.6 Å². The standard InChI is InChI=1S/C28H21FN4O5S/c29-18-7-3-16(4-8-18)15-30-19-9-12-21-22(14-19)31-28(38)33(26(21)35)20-10-5-17(6-11-20)25(34)32-24(27(36)37)23-2-1-13-39-23/h1-14,24,30H,15H2,(H,31,38)(H,32,34)(H,36,37). The normalized spacial score (nSPS) is 11.7. The summed E-state index contributed by atoms with van der Waals surface area (Å²) in [6.45, 7) is 0.424. The third kappa shape index (κ3) is 5.48. The van der Waals surface area contributed by atoms with Gasteiger partial charge in [-0.1, -0.05) is 18.2 Å². The Labute approximate surface area is 224 Å². The molecule has 2 heterocycles. The Hall–Kier alpha value is -5.03. The first-order chi connectivity index (χ1) is 18.8. The Bertz CT molecular complexity index is 1780. The summed E-state index contributed by atoms with van der Waals surface area (Å²) in [4.78, 5) is 53.5. The molecular weight excluding hydrogens is 523 g/mol. The molecule has 5 rings (SSSR count). The second kappa shape index (κ2) is 10.8. The van der Waals surface area contributed by atoms with Crippen molar-refractivity contribution in [1.29, 1.82) is 0 Å². The van der Waals surface area contributed by atoms with E-state index in [9.17, 15) is 28.7 Å². The maximum Gasteiger partial charge on any atom is 0.333 e. The number of carbonyl (C=O) groups is 2. The number of H-pyrrole nitrogens is 1. The maximum absolute atomic E-state index is 13.2. The minimum Gasteiger partial charge on any atom is -0.479 e. The summed E-state index contributed by atoms with van der Waals surface area (Å²) in [5.74, 6) is -2.12. The molecule has 9 nitrogen and oxygen atoms in total. The van der Waals surface area contributed by atoms with Crippen LogP contribution in [0.15, 0.2) is 93.8 Å². The van der Waals surface area contributed by atoms with Crippen molar-refractivity contribution in [3.05, 3.63) is 127 Å². The highest BCUT2D eigenvalue weighted by molar-refractivity contribution is 7.10. The molecule has 1 unspecified atom stereocenters. The second-order valence-electron chi connectivity index (χ2n) is 8.62. The molecule has 0 saturated carbocycles. The Morgan fingerprint density at radius 1 is 1.00 bits per heavy atom. The minimum atomic E-state index is -1.20. The molecule has 0 aliphatic rings. The number of anilines is 1. The molecule has 3 aromatic carbocycles. The summed E-state index contributed by atoms with van der Waals surface area (Å²) in [6.07, 6.45) is 0. The smallest absolute Gasteiger partial charge is 0.333 e. The van der Waals surface area contributed by atoms with E-state index in [1.165, 1.54) is 47.7 Å². The average molecular weight is 545 g/mol. The van der Waals surface area contributed by atoms with Crippen LogP contribution in [0.2, 0.25) is 0 Å². The molecule has 0 radical (unpaired) electrons. The number of fused-ring (bicyclic) bond motifs is 1. The number of rotatable bonds is 8. The molecule has 39 heavy (non-hydrogen) atoms. The molecule has 2 aromatic heterocycles. The van der Waals surface area contributed by atoms with Crippen LogP contribution in [-0.2, 0) is 11.3 Å². The van der Waals surface area contributed by atoms with E-state index in [0.29, 0.717) is 22.6 Å². The molecule has 0 fully saturated rings. The molecule has 0 bridgehead atoms. The van der Waals surface area contributed by atoms with Gasteiger partial charge in [0.25, 0.3) is 11.5 Å². The van der Waals surface area contributed by atoms with Crippen molar-refractivity contribution in [1.82, 2.24) is 14.9 Å². The van der Waals surface area contributed by atoms with Gasteiger partial charge >= 0.3 is 11.7 Å². The number of thiophene rings is 1.